The molecule has 1 aliphatic rings. The summed E-state index contributed by atoms with van der Waals surface area (Å²) < 4.78 is 2.20. The molecule has 0 aliphatic carbocycles. The van der Waals surface area contributed by atoms with Crippen molar-refractivity contribution in [2.45, 2.75) is 19.3 Å². The summed E-state index contributed by atoms with van der Waals surface area (Å²) >= 11 is 0. The summed E-state index contributed by atoms with van der Waals surface area (Å²) in [6, 6.07) is 22.7. The maximum atomic E-state index is 12.8. The van der Waals surface area contributed by atoms with E-state index in [0.717, 1.165) is 48.2 Å². The van der Waals surface area contributed by atoms with Crippen LogP contribution >= 0.6 is 0 Å². The second-order valence-electron chi connectivity index (χ2n) is 8.00. The van der Waals surface area contributed by atoms with Gasteiger partial charge < -0.3 is 14.6 Å². The fraction of sp³-hybridized carbons (Fsp3) is 0.280. The van der Waals surface area contributed by atoms with E-state index in [1.165, 1.54) is 5.56 Å². The van der Waals surface area contributed by atoms with Crippen molar-refractivity contribution in [1.29, 1.82) is 0 Å². The number of aromatic nitrogens is 2. The lowest BCUT2D eigenvalue weighted by Gasteiger charge is -2.33. The Labute approximate surface area is 176 Å². The number of para-hydroxylation sites is 2. The second kappa shape index (κ2) is 8.19. The molecule has 1 fully saturated rings. The molecule has 1 unspecified atom stereocenters. The first-order valence-electron chi connectivity index (χ1n) is 10.7. The quantitative estimate of drug-likeness (QED) is 0.551. The second-order valence-corrected chi connectivity index (χ2v) is 8.00. The molecule has 0 spiro atoms. The van der Waals surface area contributed by atoms with Crippen molar-refractivity contribution >= 4 is 28.3 Å². The number of anilines is 1. The van der Waals surface area contributed by atoms with Crippen LogP contribution in [-0.2, 0) is 11.2 Å². The van der Waals surface area contributed by atoms with Crippen molar-refractivity contribution in [3.63, 3.8) is 0 Å². The number of fused-ring (bicyclic) bond motifs is 3. The molecule has 0 saturated carbocycles. The van der Waals surface area contributed by atoms with E-state index in [0.29, 0.717) is 13.1 Å². The Hall–Kier alpha value is -3.34. The molecule has 1 aliphatic heterocycles. The van der Waals surface area contributed by atoms with E-state index in [9.17, 15) is 4.79 Å². The van der Waals surface area contributed by atoms with Crippen LogP contribution in [0.4, 0.5) is 5.82 Å². The van der Waals surface area contributed by atoms with Crippen LogP contribution in [0.5, 0.6) is 0 Å². The minimum Gasteiger partial charge on any atom is -0.355 e. The van der Waals surface area contributed by atoms with Crippen molar-refractivity contribution in [2.75, 3.05) is 24.5 Å². The largest absolute Gasteiger partial charge is 0.355 e. The molecular formula is C25H26N4O. The molecule has 0 radical (unpaired) electrons. The Morgan fingerprint density at radius 1 is 1.00 bits per heavy atom. The van der Waals surface area contributed by atoms with Gasteiger partial charge in [-0.2, -0.15) is 0 Å². The van der Waals surface area contributed by atoms with Crippen LogP contribution in [0.3, 0.4) is 0 Å². The normalized spacial score (nSPS) is 16.8. The highest BCUT2D eigenvalue weighted by atomic mass is 16.1. The number of amides is 1. The van der Waals surface area contributed by atoms with Crippen LogP contribution in [0.1, 0.15) is 18.4 Å². The smallest absolute Gasteiger partial charge is 0.224 e. The average Bonchev–Trinajstić information content (AvgIpc) is 3.30. The Morgan fingerprint density at radius 2 is 1.80 bits per heavy atom. The molecular weight excluding hydrogens is 372 g/mol. The standard InChI is InChI=1S/C25H26N4O/c30-25(26-15-14-19-8-2-1-3-9-19)20-10-6-16-28(18-20)24-23-13-7-17-29(23)22-12-5-4-11-21(22)27-24/h1-5,7-9,11-13,17,20H,6,10,14-16,18H2,(H,26,30). The summed E-state index contributed by atoms with van der Waals surface area (Å²) in [4.78, 5) is 20.1. The lowest BCUT2D eigenvalue weighted by atomic mass is 9.97. The van der Waals surface area contributed by atoms with Gasteiger partial charge in [-0.05, 0) is 49.1 Å². The van der Waals surface area contributed by atoms with Crippen molar-refractivity contribution in [1.82, 2.24) is 14.7 Å². The highest BCUT2D eigenvalue weighted by Gasteiger charge is 2.27. The molecule has 2 aromatic carbocycles. The van der Waals surface area contributed by atoms with Gasteiger partial charge in [0.25, 0.3) is 0 Å². The van der Waals surface area contributed by atoms with E-state index in [1.54, 1.807) is 0 Å². The van der Waals surface area contributed by atoms with Gasteiger partial charge in [-0.25, -0.2) is 4.98 Å². The fourth-order valence-electron chi connectivity index (χ4n) is 4.44. The summed E-state index contributed by atoms with van der Waals surface area (Å²) in [5.74, 6) is 1.13. The van der Waals surface area contributed by atoms with E-state index in [-0.39, 0.29) is 11.8 Å². The first-order chi connectivity index (χ1) is 14.8. The predicted octanol–water partition coefficient (Wildman–Crippen LogP) is 4.06. The first-order valence-corrected chi connectivity index (χ1v) is 10.7. The van der Waals surface area contributed by atoms with Gasteiger partial charge >= 0.3 is 0 Å². The average molecular weight is 399 g/mol. The Balaban J connectivity index is 1.31. The number of hydrogen-bond acceptors (Lipinski definition) is 3. The van der Waals surface area contributed by atoms with Crippen LogP contribution in [-0.4, -0.2) is 34.9 Å². The minimum absolute atomic E-state index is 0.00203. The van der Waals surface area contributed by atoms with Crippen molar-refractivity contribution < 1.29 is 4.79 Å². The molecule has 152 valence electrons. The summed E-state index contributed by atoms with van der Waals surface area (Å²) in [6.07, 6.45) is 4.87. The third kappa shape index (κ3) is 3.63. The number of carbonyl (C=O) groups is 1. The molecule has 5 heteroatoms. The van der Waals surface area contributed by atoms with E-state index >= 15 is 0 Å². The first kappa shape index (κ1) is 18.7. The van der Waals surface area contributed by atoms with Crippen molar-refractivity contribution in [3.05, 3.63) is 78.5 Å². The number of nitrogens with zero attached hydrogens (tertiary/aromatic N) is 3. The maximum absolute atomic E-state index is 12.8. The van der Waals surface area contributed by atoms with Gasteiger partial charge in [-0.1, -0.05) is 42.5 Å². The van der Waals surface area contributed by atoms with Gasteiger partial charge in [-0.3, -0.25) is 4.79 Å². The number of hydrogen-bond donors (Lipinski definition) is 1. The Morgan fingerprint density at radius 3 is 2.70 bits per heavy atom. The molecule has 5 nitrogen and oxygen atoms in total. The minimum atomic E-state index is -0.00203. The van der Waals surface area contributed by atoms with Gasteiger partial charge in [-0.15, -0.1) is 0 Å². The molecule has 5 rings (SSSR count). The van der Waals surface area contributed by atoms with E-state index < -0.39 is 0 Å². The molecule has 30 heavy (non-hydrogen) atoms. The zero-order valence-electron chi connectivity index (χ0n) is 17.0. The Kier molecular flexibility index (Phi) is 5.10. The lowest BCUT2D eigenvalue weighted by Crippen LogP contribution is -2.44. The number of rotatable bonds is 5. The van der Waals surface area contributed by atoms with Gasteiger partial charge in [0.1, 0.15) is 0 Å². The number of piperidine rings is 1. The third-order valence-electron chi connectivity index (χ3n) is 5.99. The van der Waals surface area contributed by atoms with Gasteiger partial charge in [0, 0.05) is 25.8 Å². The molecule has 4 aromatic rings. The van der Waals surface area contributed by atoms with E-state index in [2.05, 4.69) is 57.2 Å². The van der Waals surface area contributed by atoms with Crippen molar-refractivity contribution in [3.8, 4) is 0 Å². The van der Waals surface area contributed by atoms with Gasteiger partial charge in [0.05, 0.1) is 22.5 Å². The molecule has 1 saturated heterocycles. The van der Waals surface area contributed by atoms with Crippen LogP contribution in [0.2, 0.25) is 0 Å². The van der Waals surface area contributed by atoms with Crippen LogP contribution in [0, 0.1) is 5.92 Å². The molecule has 3 heterocycles. The SMILES string of the molecule is O=C(NCCc1ccccc1)C1CCCN(c2nc3ccccc3n3cccc23)C1. The van der Waals surface area contributed by atoms with Gasteiger partial charge in [0.2, 0.25) is 5.91 Å². The molecule has 1 amide bonds. The summed E-state index contributed by atoms with van der Waals surface area (Å²) in [7, 11) is 0. The summed E-state index contributed by atoms with van der Waals surface area (Å²) in [5.41, 5.74) is 4.43. The maximum Gasteiger partial charge on any atom is 0.224 e. The molecule has 0 bridgehead atoms. The van der Waals surface area contributed by atoms with Gasteiger partial charge in [0.15, 0.2) is 5.82 Å². The van der Waals surface area contributed by atoms with Crippen LogP contribution in [0.25, 0.3) is 16.6 Å². The highest BCUT2D eigenvalue weighted by Crippen LogP contribution is 2.29. The Bertz CT molecular complexity index is 1170. The van der Waals surface area contributed by atoms with E-state index in [4.69, 9.17) is 4.98 Å². The zero-order chi connectivity index (χ0) is 20.3. The number of benzene rings is 2. The third-order valence-corrected chi connectivity index (χ3v) is 5.99. The molecule has 1 atom stereocenters. The monoisotopic (exact) mass is 398 g/mol. The van der Waals surface area contributed by atoms with Crippen molar-refractivity contribution in [2.24, 2.45) is 5.92 Å². The fourth-order valence-corrected chi connectivity index (χ4v) is 4.44. The highest BCUT2D eigenvalue weighted by molar-refractivity contribution is 5.86. The predicted molar refractivity (Wildman–Crippen MR) is 121 cm³/mol. The van der Waals surface area contributed by atoms with Crippen LogP contribution < -0.4 is 10.2 Å². The zero-order valence-corrected chi connectivity index (χ0v) is 17.0. The number of nitrogens with one attached hydrogen (secondary N) is 1. The number of carbonyl (C=O) groups excluding carboxylic acids is 1. The molecule has 1 N–H and O–H groups in total. The topological polar surface area (TPSA) is 49.6 Å². The summed E-state index contributed by atoms with van der Waals surface area (Å²) in [6.45, 7) is 2.32. The van der Waals surface area contributed by atoms with Crippen LogP contribution in [0.15, 0.2) is 72.9 Å². The summed E-state index contributed by atoms with van der Waals surface area (Å²) in [5, 5.41) is 3.14. The molecule has 2 aromatic heterocycles. The lowest BCUT2D eigenvalue weighted by molar-refractivity contribution is -0.125. The van der Waals surface area contributed by atoms with E-state index in [1.807, 2.05) is 30.3 Å².